The van der Waals surface area contributed by atoms with Gasteiger partial charge >= 0.3 is 0 Å². The molecule has 1 aliphatic heterocycles. The molecule has 0 aromatic heterocycles. The largest absolute Gasteiger partial charge is 0.497 e. The summed E-state index contributed by atoms with van der Waals surface area (Å²) < 4.78 is 5.10. The third-order valence-corrected chi connectivity index (χ3v) is 4.33. The fourth-order valence-electron chi connectivity index (χ4n) is 2.88. The van der Waals surface area contributed by atoms with Crippen LogP contribution in [-0.4, -0.2) is 43.0 Å². The Balaban J connectivity index is 1.52. The van der Waals surface area contributed by atoms with Crippen molar-refractivity contribution in [3.63, 3.8) is 0 Å². The number of nitrogens with one attached hydrogen (secondary N) is 1. The second kappa shape index (κ2) is 6.38. The standard InChI is InChI=1S/C17H22N2O3/c1-22-15-6-2-13(3-7-15)17(21)19-9-8-12(11-19)10-16(20)18-14-4-5-14/h2-3,6-7,12,14H,4-5,8-11H2,1H3,(H,18,20). The van der Waals surface area contributed by atoms with Crippen LogP contribution in [-0.2, 0) is 4.79 Å². The molecular formula is C17H22N2O3. The fourth-order valence-corrected chi connectivity index (χ4v) is 2.88. The van der Waals surface area contributed by atoms with Crippen molar-refractivity contribution < 1.29 is 14.3 Å². The fraction of sp³-hybridized carbons (Fsp3) is 0.529. The maximum Gasteiger partial charge on any atom is 0.253 e. The first kappa shape index (κ1) is 14.9. The van der Waals surface area contributed by atoms with E-state index in [0.717, 1.165) is 31.6 Å². The number of nitrogens with zero attached hydrogens (tertiary/aromatic N) is 1. The highest BCUT2D eigenvalue weighted by atomic mass is 16.5. The van der Waals surface area contributed by atoms with Gasteiger partial charge in [0.25, 0.3) is 5.91 Å². The quantitative estimate of drug-likeness (QED) is 0.902. The summed E-state index contributed by atoms with van der Waals surface area (Å²) in [7, 11) is 1.61. The van der Waals surface area contributed by atoms with Gasteiger partial charge in [0.05, 0.1) is 7.11 Å². The van der Waals surface area contributed by atoms with Gasteiger partial charge in [-0.2, -0.15) is 0 Å². The van der Waals surface area contributed by atoms with Gasteiger partial charge in [-0.25, -0.2) is 0 Å². The smallest absolute Gasteiger partial charge is 0.253 e. The molecule has 0 radical (unpaired) electrons. The van der Waals surface area contributed by atoms with Gasteiger partial charge in [0.1, 0.15) is 5.75 Å². The van der Waals surface area contributed by atoms with E-state index >= 15 is 0 Å². The van der Waals surface area contributed by atoms with E-state index in [2.05, 4.69) is 5.32 Å². The molecule has 2 amide bonds. The van der Waals surface area contributed by atoms with Crippen molar-refractivity contribution in [2.45, 2.75) is 31.7 Å². The van der Waals surface area contributed by atoms with Crippen LogP contribution >= 0.6 is 0 Å². The van der Waals surface area contributed by atoms with Crippen molar-refractivity contribution in [2.24, 2.45) is 5.92 Å². The summed E-state index contributed by atoms with van der Waals surface area (Å²) in [5, 5.41) is 3.01. The predicted octanol–water partition coefficient (Wildman–Crippen LogP) is 1.83. The van der Waals surface area contributed by atoms with Crippen LogP contribution in [0, 0.1) is 5.92 Å². The van der Waals surface area contributed by atoms with Crippen LogP contribution in [0.2, 0.25) is 0 Å². The Morgan fingerprint density at radius 2 is 1.95 bits per heavy atom. The van der Waals surface area contributed by atoms with Crippen LogP contribution in [0.4, 0.5) is 0 Å². The summed E-state index contributed by atoms with van der Waals surface area (Å²) in [6, 6.07) is 7.57. The highest BCUT2D eigenvalue weighted by Gasteiger charge is 2.30. The number of methoxy groups -OCH3 is 1. The highest BCUT2D eigenvalue weighted by molar-refractivity contribution is 5.94. The van der Waals surface area contributed by atoms with Gasteiger partial charge in [-0.3, -0.25) is 9.59 Å². The van der Waals surface area contributed by atoms with Crippen molar-refractivity contribution in [1.29, 1.82) is 0 Å². The molecule has 0 spiro atoms. The molecule has 2 fully saturated rings. The van der Waals surface area contributed by atoms with Crippen LogP contribution in [0.1, 0.15) is 36.0 Å². The molecule has 0 bridgehead atoms. The van der Waals surface area contributed by atoms with Gasteiger partial charge in [-0.1, -0.05) is 0 Å². The third kappa shape index (κ3) is 3.59. The molecule has 1 saturated heterocycles. The van der Waals surface area contributed by atoms with Crippen molar-refractivity contribution in [2.75, 3.05) is 20.2 Å². The zero-order valence-electron chi connectivity index (χ0n) is 12.9. The average molecular weight is 302 g/mol. The lowest BCUT2D eigenvalue weighted by molar-refractivity contribution is -0.122. The number of carbonyl (C=O) groups is 2. The average Bonchev–Trinajstić information content (AvgIpc) is 3.22. The van der Waals surface area contributed by atoms with Crippen molar-refractivity contribution >= 4 is 11.8 Å². The summed E-state index contributed by atoms with van der Waals surface area (Å²) in [4.78, 5) is 26.1. The van der Waals surface area contributed by atoms with Gasteiger partial charge in [-0.15, -0.1) is 0 Å². The summed E-state index contributed by atoms with van der Waals surface area (Å²) in [5.41, 5.74) is 0.670. The molecule has 5 heteroatoms. The van der Waals surface area contributed by atoms with E-state index in [9.17, 15) is 9.59 Å². The van der Waals surface area contributed by atoms with Crippen molar-refractivity contribution in [3.05, 3.63) is 29.8 Å². The Labute approximate surface area is 130 Å². The predicted molar refractivity (Wildman–Crippen MR) is 82.8 cm³/mol. The maximum absolute atomic E-state index is 12.5. The summed E-state index contributed by atoms with van der Waals surface area (Å²) >= 11 is 0. The number of ether oxygens (including phenoxy) is 1. The first-order valence-electron chi connectivity index (χ1n) is 7.88. The number of likely N-dealkylation sites (tertiary alicyclic amines) is 1. The molecule has 1 aromatic rings. The zero-order chi connectivity index (χ0) is 15.5. The summed E-state index contributed by atoms with van der Waals surface area (Å²) in [6.45, 7) is 1.40. The molecule has 118 valence electrons. The van der Waals surface area contributed by atoms with Gasteiger partial charge in [0, 0.05) is 31.1 Å². The molecular weight excluding hydrogens is 280 g/mol. The number of benzene rings is 1. The minimum Gasteiger partial charge on any atom is -0.497 e. The van der Waals surface area contributed by atoms with Crippen LogP contribution in [0.15, 0.2) is 24.3 Å². The lowest BCUT2D eigenvalue weighted by Crippen LogP contribution is -2.31. The van der Waals surface area contributed by atoms with Gasteiger partial charge in [0.15, 0.2) is 0 Å². The Bertz CT molecular complexity index is 552. The molecule has 1 heterocycles. The highest BCUT2D eigenvalue weighted by Crippen LogP contribution is 2.24. The zero-order valence-corrected chi connectivity index (χ0v) is 12.9. The van der Waals surface area contributed by atoms with Gasteiger partial charge in [0.2, 0.25) is 5.91 Å². The van der Waals surface area contributed by atoms with Gasteiger partial charge < -0.3 is 15.0 Å². The van der Waals surface area contributed by atoms with E-state index in [1.54, 1.807) is 31.4 Å². The SMILES string of the molecule is COc1ccc(C(=O)N2CCC(CC(=O)NC3CC3)C2)cc1. The van der Waals surface area contributed by atoms with Crippen LogP contribution < -0.4 is 10.1 Å². The topological polar surface area (TPSA) is 58.6 Å². The molecule has 22 heavy (non-hydrogen) atoms. The molecule has 1 aliphatic carbocycles. The lowest BCUT2D eigenvalue weighted by atomic mass is 10.0. The van der Waals surface area contributed by atoms with Crippen molar-refractivity contribution in [1.82, 2.24) is 10.2 Å². The van der Waals surface area contributed by atoms with Crippen molar-refractivity contribution in [3.8, 4) is 5.75 Å². The Morgan fingerprint density at radius 1 is 1.23 bits per heavy atom. The number of amides is 2. The Kier molecular flexibility index (Phi) is 4.32. The first-order chi connectivity index (χ1) is 10.7. The minimum absolute atomic E-state index is 0.0350. The van der Waals surface area contributed by atoms with E-state index < -0.39 is 0 Å². The molecule has 1 saturated carbocycles. The van der Waals surface area contributed by atoms with E-state index in [0.29, 0.717) is 24.6 Å². The third-order valence-electron chi connectivity index (χ3n) is 4.33. The molecule has 3 rings (SSSR count). The summed E-state index contributed by atoms with van der Waals surface area (Å²) in [6.07, 6.45) is 3.65. The Morgan fingerprint density at radius 3 is 2.59 bits per heavy atom. The normalized spacial score (nSPS) is 20.8. The van der Waals surface area contributed by atoms with E-state index in [4.69, 9.17) is 4.74 Å². The second-order valence-electron chi connectivity index (χ2n) is 6.18. The molecule has 1 unspecified atom stereocenters. The van der Waals surface area contributed by atoms with E-state index in [1.165, 1.54) is 0 Å². The van der Waals surface area contributed by atoms with Crippen LogP contribution in [0.5, 0.6) is 5.75 Å². The van der Waals surface area contributed by atoms with Crippen LogP contribution in [0.3, 0.4) is 0 Å². The lowest BCUT2D eigenvalue weighted by Gasteiger charge is -2.17. The first-order valence-corrected chi connectivity index (χ1v) is 7.88. The molecule has 1 aromatic carbocycles. The number of rotatable bonds is 5. The molecule has 2 aliphatic rings. The molecule has 5 nitrogen and oxygen atoms in total. The molecule has 1 N–H and O–H groups in total. The van der Waals surface area contributed by atoms with E-state index in [1.807, 2.05) is 4.90 Å². The Hall–Kier alpha value is -2.04. The monoisotopic (exact) mass is 302 g/mol. The number of hydrogen-bond donors (Lipinski definition) is 1. The summed E-state index contributed by atoms with van der Waals surface area (Å²) in [5.74, 6) is 1.19. The molecule has 1 atom stereocenters. The van der Waals surface area contributed by atoms with E-state index in [-0.39, 0.29) is 17.7 Å². The number of hydrogen-bond acceptors (Lipinski definition) is 3. The second-order valence-corrected chi connectivity index (χ2v) is 6.18. The van der Waals surface area contributed by atoms with Gasteiger partial charge in [-0.05, 0) is 49.4 Å². The number of carbonyl (C=O) groups excluding carboxylic acids is 2. The minimum atomic E-state index is 0.0350. The van der Waals surface area contributed by atoms with Crippen LogP contribution in [0.25, 0.3) is 0 Å². The maximum atomic E-state index is 12.5.